The molecule has 0 unspecified atom stereocenters. The number of hydrogen-bond donors (Lipinski definition) is 2. The summed E-state index contributed by atoms with van der Waals surface area (Å²) in [6, 6.07) is 0. The van der Waals surface area contributed by atoms with Gasteiger partial charge in [0.25, 0.3) is 0 Å². The Labute approximate surface area is 51.1 Å². The van der Waals surface area contributed by atoms with Crippen molar-refractivity contribution in [3.05, 3.63) is 0 Å². The molecule has 2 N–H and O–H groups in total. The van der Waals surface area contributed by atoms with Gasteiger partial charge in [-0.25, -0.2) is 9.18 Å². The highest BCUT2D eigenvalue weighted by atomic mass is 19.1. The van der Waals surface area contributed by atoms with Gasteiger partial charge in [-0.05, 0) is 0 Å². The average molecular weight is 134 g/mol. The van der Waals surface area contributed by atoms with Gasteiger partial charge < -0.3 is 10.2 Å². The van der Waals surface area contributed by atoms with E-state index in [9.17, 15) is 9.18 Å². The third kappa shape index (κ3) is 0.896. The van der Waals surface area contributed by atoms with Gasteiger partial charge in [0.15, 0.2) is 0 Å². The summed E-state index contributed by atoms with van der Waals surface area (Å²) in [4.78, 5) is 9.96. The molecule has 0 spiro atoms. The maximum atomic E-state index is 12.5. The van der Waals surface area contributed by atoms with Gasteiger partial charge in [0.2, 0.25) is 5.67 Å². The molecule has 0 radical (unpaired) electrons. The van der Waals surface area contributed by atoms with E-state index in [4.69, 9.17) is 10.2 Å². The van der Waals surface area contributed by atoms with Crippen LogP contribution in [0.4, 0.5) is 4.39 Å². The van der Waals surface area contributed by atoms with Crippen LogP contribution >= 0.6 is 0 Å². The van der Waals surface area contributed by atoms with Gasteiger partial charge in [-0.2, -0.15) is 0 Å². The number of carboxylic acids is 1. The van der Waals surface area contributed by atoms with E-state index in [0.29, 0.717) is 0 Å². The second-order valence-electron chi connectivity index (χ2n) is 2.33. The summed E-state index contributed by atoms with van der Waals surface area (Å²) < 4.78 is 12.5. The lowest BCUT2D eigenvalue weighted by molar-refractivity contribution is -0.166. The number of carbonyl (C=O) groups is 1. The molecule has 1 aliphatic carbocycles. The predicted molar refractivity (Wildman–Crippen MR) is 26.7 cm³/mol. The lowest BCUT2D eigenvalue weighted by Crippen LogP contribution is -2.49. The SMILES string of the molecule is O=C(O)[C@]1(F)C[C@H](O)C1. The van der Waals surface area contributed by atoms with E-state index in [1.807, 2.05) is 0 Å². The smallest absolute Gasteiger partial charge is 0.341 e. The molecule has 3 nitrogen and oxygen atoms in total. The Morgan fingerprint density at radius 3 is 2.22 bits per heavy atom. The monoisotopic (exact) mass is 134 g/mol. The highest BCUT2D eigenvalue weighted by Gasteiger charge is 2.50. The molecule has 1 rings (SSSR count). The molecule has 9 heavy (non-hydrogen) atoms. The van der Waals surface area contributed by atoms with Crippen molar-refractivity contribution in [3.8, 4) is 0 Å². The van der Waals surface area contributed by atoms with Crippen LogP contribution in [-0.4, -0.2) is 28.0 Å². The zero-order chi connectivity index (χ0) is 7.07. The lowest BCUT2D eigenvalue weighted by Gasteiger charge is -2.33. The Morgan fingerprint density at radius 1 is 1.67 bits per heavy atom. The molecule has 1 aliphatic rings. The maximum Gasteiger partial charge on any atom is 0.341 e. The average Bonchev–Trinajstić information content (AvgIpc) is 1.62. The quantitative estimate of drug-likeness (QED) is 0.528. The summed E-state index contributed by atoms with van der Waals surface area (Å²) >= 11 is 0. The molecule has 0 atom stereocenters. The van der Waals surface area contributed by atoms with E-state index in [-0.39, 0.29) is 12.8 Å². The number of hydrogen-bond acceptors (Lipinski definition) is 2. The fraction of sp³-hybridized carbons (Fsp3) is 0.800. The molecule has 0 saturated heterocycles. The number of aliphatic hydroxyl groups is 1. The summed E-state index contributed by atoms with van der Waals surface area (Å²) in [6.45, 7) is 0. The second kappa shape index (κ2) is 1.67. The summed E-state index contributed by atoms with van der Waals surface area (Å²) in [5, 5.41) is 16.7. The molecule has 1 saturated carbocycles. The van der Waals surface area contributed by atoms with Crippen molar-refractivity contribution in [2.45, 2.75) is 24.6 Å². The van der Waals surface area contributed by atoms with Gasteiger partial charge in [0.05, 0.1) is 6.10 Å². The van der Waals surface area contributed by atoms with E-state index in [1.54, 1.807) is 0 Å². The largest absolute Gasteiger partial charge is 0.479 e. The maximum absolute atomic E-state index is 12.5. The number of halogens is 1. The van der Waals surface area contributed by atoms with Crippen LogP contribution in [0.3, 0.4) is 0 Å². The molecule has 52 valence electrons. The van der Waals surface area contributed by atoms with E-state index in [1.165, 1.54) is 0 Å². The topological polar surface area (TPSA) is 57.5 Å². The Kier molecular flexibility index (Phi) is 1.20. The number of rotatable bonds is 1. The molecular weight excluding hydrogens is 127 g/mol. The lowest BCUT2D eigenvalue weighted by atomic mass is 9.79. The van der Waals surface area contributed by atoms with Crippen LogP contribution in [0.15, 0.2) is 0 Å². The number of carboxylic acid groups (broad SMARTS) is 1. The highest BCUT2D eigenvalue weighted by molar-refractivity contribution is 5.78. The van der Waals surface area contributed by atoms with Gasteiger partial charge in [-0.3, -0.25) is 0 Å². The van der Waals surface area contributed by atoms with Gasteiger partial charge in [-0.15, -0.1) is 0 Å². The van der Waals surface area contributed by atoms with Crippen LogP contribution in [0, 0.1) is 0 Å². The molecule has 0 amide bonds. The third-order valence-electron chi connectivity index (χ3n) is 1.50. The van der Waals surface area contributed by atoms with Crippen LogP contribution in [0.1, 0.15) is 12.8 Å². The van der Waals surface area contributed by atoms with Crippen molar-refractivity contribution in [2.75, 3.05) is 0 Å². The van der Waals surface area contributed by atoms with Gasteiger partial charge in [0.1, 0.15) is 0 Å². The minimum absolute atomic E-state index is 0.262. The first-order chi connectivity index (χ1) is 4.04. The minimum atomic E-state index is -2.14. The Balaban J connectivity index is 2.50. The molecule has 0 aromatic rings. The van der Waals surface area contributed by atoms with Gasteiger partial charge in [-0.1, -0.05) is 0 Å². The Hall–Kier alpha value is -0.640. The zero-order valence-corrected chi connectivity index (χ0v) is 4.67. The van der Waals surface area contributed by atoms with Gasteiger partial charge >= 0.3 is 5.97 Å². The van der Waals surface area contributed by atoms with E-state index < -0.39 is 17.7 Å². The van der Waals surface area contributed by atoms with Crippen molar-refractivity contribution in [3.63, 3.8) is 0 Å². The summed E-state index contributed by atoms with van der Waals surface area (Å²) in [5.41, 5.74) is -2.14. The summed E-state index contributed by atoms with van der Waals surface area (Å²) in [5.74, 6) is -1.46. The first-order valence-corrected chi connectivity index (χ1v) is 2.65. The molecule has 0 aliphatic heterocycles. The minimum Gasteiger partial charge on any atom is -0.479 e. The first kappa shape index (κ1) is 6.48. The van der Waals surface area contributed by atoms with E-state index in [0.717, 1.165) is 0 Å². The molecule has 0 heterocycles. The highest BCUT2D eigenvalue weighted by Crippen LogP contribution is 2.36. The first-order valence-electron chi connectivity index (χ1n) is 2.65. The van der Waals surface area contributed by atoms with Crippen LogP contribution < -0.4 is 0 Å². The standard InChI is InChI=1S/C5H7FO3/c6-5(4(8)9)1-3(7)2-5/h3,7H,1-2H2,(H,8,9)/t3-,5-. The van der Waals surface area contributed by atoms with Crippen LogP contribution in [0.2, 0.25) is 0 Å². The number of aliphatic hydroxyl groups excluding tert-OH is 1. The zero-order valence-electron chi connectivity index (χ0n) is 4.67. The van der Waals surface area contributed by atoms with Crippen molar-refractivity contribution >= 4 is 5.97 Å². The Bertz CT molecular complexity index is 139. The van der Waals surface area contributed by atoms with Crippen molar-refractivity contribution in [1.82, 2.24) is 0 Å². The summed E-state index contributed by atoms with van der Waals surface area (Å²) in [6.07, 6.45) is -1.28. The Morgan fingerprint density at radius 2 is 2.11 bits per heavy atom. The normalized spacial score (nSPS) is 41.8. The summed E-state index contributed by atoms with van der Waals surface area (Å²) in [7, 11) is 0. The van der Waals surface area contributed by atoms with Crippen molar-refractivity contribution < 1.29 is 19.4 Å². The molecule has 4 heteroatoms. The molecule has 1 fully saturated rings. The van der Waals surface area contributed by atoms with E-state index in [2.05, 4.69) is 0 Å². The fourth-order valence-electron chi connectivity index (χ4n) is 0.862. The van der Waals surface area contributed by atoms with E-state index >= 15 is 0 Å². The number of aliphatic carboxylic acids is 1. The van der Waals surface area contributed by atoms with Crippen LogP contribution in [0.5, 0.6) is 0 Å². The predicted octanol–water partition coefficient (Wildman–Crippen LogP) is -0.0660. The third-order valence-corrected chi connectivity index (χ3v) is 1.50. The fourth-order valence-corrected chi connectivity index (χ4v) is 0.862. The van der Waals surface area contributed by atoms with Crippen LogP contribution in [0.25, 0.3) is 0 Å². The molecule has 0 bridgehead atoms. The number of alkyl halides is 1. The van der Waals surface area contributed by atoms with Crippen molar-refractivity contribution in [2.24, 2.45) is 0 Å². The molecule has 0 aromatic heterocycles. The molecular formula is C5H7FO3. The van der Waals surface area contributed by atoms with Gasteiger partial charge in [0, 0.05) is 12.8 Å². The van der Waals surface area contributed by atoms with Crippen molar-refractivity contribution in [1.29, 1.82) is 0 Å². The van der Waals surface area contributed by atoms with Crippen LogP contribution in [-0.2, 0) is 4.79 Å². The molecule has 0 aromatic carbocycles. The second-order valence-corrected chi connectivity index (χ2v) is 2.33.